The molecule has 0 radical (unpaired) electrons. The van der Waals surface area contributed by atoms with Gasteiger partial charge in [-0.1, -0.05) is 37.6 Å². The van der Waals surface area contributed by atoms with Gasteiger partial charge in [0.25, 0.3) is 0 Å². The molecule has 2 heterocycles. The Labute approximate surface area is 321 Å². The van der Waals surface area contributed by atoms with E-state index in [0.29, 0.717) is 60.1 Å². The number of carboxylic acid groups (broad SMARTS) is 1. The first-order chi connectivity index (χ1) is 25.5. The lowest BCUT2D eigenvalue weighted by molar-refractivity contribution is -0.144. The predicted molar refractivity (Wildman–Crippen MR) is 210 cm³/mol. The summed E-state index contributed by atoms with van der Waals surface area (Å²) in [5.74, 6) is 2.81. The lowest BCUT2D eigenvalue weighted by Crippen LogP contribution is -2.53. The number of ether oxygens (including phenoxy) is 2. The molecule has 2 aromatic carbocycles. The molecule has 3 aliphatic rings. The van der Waals surface area contributed by atoms with E-state index < -0.39 is 22.7 Å². The van der Waals surface area contributed by atoms with Crippen LogP contribution in [0.2, 0.25) is 5.02 Å². The number of aliphatic carboxylic acids is 1. The van der Waals surface area contributed by atoms with Crippen molar-refractivity contribution in [3.63, 3.8) is 0 Å². The smallest absolute Gasteiger partial charge is 0.329 e. The monoisotopic (exact) mass is 758 g/mol. The minimum Gasteiger partial charge on any atom is -0.616 e. The van der Waals surface area contributed by atoms with Gasteiger partial charge in [-0.25, -0.2) is 4.79 Å². The molecule has 0 bridgehead atoms. The van der Waals surface area contributed by atoms with Crippen molar-refractivity contribution in [2.75, 3.05) is 24.3 Å². The summed E-state index contributed by atoms with van der Waals surface area (Å²) in [5.41, 5.74) is 5.37. The molecule has 1 saturated carbocycles. The number of halogens is 1. The number of rotatable bonds is 14. The molecule has 53 heavy (non-hydrogen) atoms. The van der Waals surface area contributed by atoms with E-state index in [4.69, 9.17) is 21.1 Å². The molecule has 3 aliphatic carbocycles. The molecular formula is C42H51ClN4O5S. The van der Waals surface area contributed by atoms with Crippen LogP contribution in [0.4, 0.5) is 5.69 Å². The molecule has 2 aromatic heterocycles. The van der Waals surface area contributed by atoms with E-state index in [9.17, 15) is 14.5 Å². The molecule has 0 aliphatic heterocycles. The normalized spacial score (nSPS) is 24.6. The van der Waals surface area contributed by atoms with Crippen LogP contribution in [0, 0.1) is 11.8 Å². The average Bonchev–Trinajstić information content (AvgIpc) is 3.67. The van der Waals surface area contributed by atoms with E-state index in [1.165, 1.54) is 28.8 Å². The van der Waals surface area contributed by atoms with Crippen molar-refractivity contribution in [3.05, 3.63) is 100 Å². The maximum Gasteiger partial charge on any atom is 0.329 e. The fourth-order valence-corrected chi connectivity index (χ4v) is 10.4. The highest BCUT2D eigenvalue weighted by molar-refractivity contribution is 7.90. The summed E-state index contributed by atoms with van der Waals surface area (Å²) in [6.45, 7) is 5.51. The molecule has 282 valence electrons. The highest BCUT2D eigenvalue weighted by Gasteiger charge is 2.54. The van der Waals surface area contributed by atoms with E-state index in [1.54, 1.807) is 23.0 Å². The van der Waals surface area contributed by atoms with Gasteiger partial charge in [-0.05, 0) is 146 Å². The van der Waals surface area contributed by atoms with Crippen molar-refractivity contribution in [3.8, 4) is 11.5 Å². The minimum atomic E-state index is -1.10. The van der Waals surface area contributed by atoms with Crippen LogP contribution in [0.15, 0.2) is 67.0 Å². The molecule has 0 saturated heterocycles. The Kier molecular flexibility index (Phi) is 11.3. The third-order valence-corrected chi connectivity index (χ3v) is 13.6. The number of carbonyl (C=O) groups is 1. The summed E-state index contributed by atoms with van der Waals surface area (Å²) in [7, 11) is 1.86. The van der Waals surface area contributed by atoms with Crippen LogP contribution in [0.1, 0.15) is 92.8 Å². The van der Waals surface area contributed by atoms with Gasteiger partial charge < -0.3 is 24.4 Å². The predicted octanol–water partition coefficient (Wildman–Crippen LogP) is 8.26. The number of pyridine rings is 1. The number of hydrogen-bond donors (Lipinski definition) is 2. The van der Waals surface area contributed by atoms with Gasteiger partial charge in [0.05, 0.1) is 12.3 Å². The molecular weight excluding hydrogens is 708 g/mol. The second kappa shape index (κ2) is 15.9. The van der Waals surface area contributed by atoms with E-state index in [0.717, 1.165) is 55.7 Å². The first-order valence-electron chi connectivity index (χ1n) is 19.0. The van der Waals surface area contributed by atoms with Crippen LogP contribution >= 0.6 is 11.6 Å². The Hall–Kier alpha value is -3.73. The van der Waals surface area contributed by atoms with Crippen LogP contribution in [-0.4, -0.2) is 54.9 Å². The number of nitrogens with one attached hydrogen (secondary N) is 1. The zero-order valence-corrected chi connectivity index (χ0v) is 32.6. The van der Waals surface area contributed by atoms with Crippen LogP contribution < -0.4 is 14.8 Å². The molecule has 4 atom stereocenters. The Morgan fingerprint density at radius 2 is 1.96 bits per heavy atom. The van der Waals surface area contributed by atoms with E-state index in [1.807, 2.05) is 43.6 Å². The molecule has 9 nitrogen and oxygen atoms in total. The van der Waals surface area contributed by atoms with Gasteiger partial charge in [0.1, 0.15) is 35.2 Å². The van der Waals surface area contributed by atoms with Gasteiger partial charge >= 0.3 is 5.97 Å². The van der Waals surface area contributed by atoms with E-state index >= 15 is 0 Å². The number of hydrogen-bond acceptors (Lipinski definition) is 7. The van der Waals surface area contributed by atoms with Gasteiger partial charge in [0.15, 0.2) is 0 Å². The van der Waals surface area contributed by atoms with Crippen LogP contribution in [0.3, 0.4) is 0 Å². The highest BCUT2D eigenvalue weighted by Crippen LogP contribution is 2.57. The van der Waals surface area contributed by atoms with E-state index in [-0.39, 0.29) is 11.3 Å². The first kappa shape index (κ1) is 37.6. The largest absolute Gasteiger partial charge is 0.616 e. The van der Waals surface area contributed by atoms with Crippen molar-refractivity contribution in [2.24, 2.45) is 18.9 Å². The summed E-state index contributed by atoms with van der Waals surface area (Å²) in [6, 6.07) is 17.6. The number of aromatic nitrogens is 3. The van der Waals surface area contributed by atoms with Gasteiger partial charge in [0.2, 0.25) is 0 Å². The molecule has 0 amide bonds. The fourth-order valence-electron chi connectivity index (χ4n) is 9.20. The number of benzene rings is 2. The zero-order valence-electron chi connectivity index (χ0n) is 31.0. The Bertz CT molecular complexity index is 1910. The molecule has 1 unspecified atom stereocenters. The van der Waals surface area contributed by atoms with Crippen LogP contribution in [-0.2, 0) is 47.0 Å². The Balaban J connectivity index is 1.09. The van der Waals surface area contributed by atoms with Crippen LogP contribution in [0.25, 0.3) is 0 Å². The van der Waals surface area contributed by atoms with Crippen molar-refractivity contribution >= 4 is 34.4 Å². The molecule has 1 spiro atoms. The standard InChI is InChI=1S/C42H51ClN4O5S/c1-28(26-52-38-13-18-44-37-9-4-6-29(2)39(37)38)22-31-23-30-10-11-35(51-20-21-53(50)27-34-12-19-45-47(34)3)25-36(30)41(31)14-16-42(17-15-41,40(48)49)46-33-8-5-7-32(43)24-33/h5,7-8,10-13,18-19,24-25,28-29,31,46H,4,6,9,14-17,20-23,26-27H2,1-3H3,(H,48,49)/t28-,29-,31+,41?,42?,53?/m1/s1. The number of fused-ring (bicyclic) bond motifs is 3. The summed E-state index contributed by atoms with van der Waals surface area (Å²) in [4.78, 5) is 17.7. The van der Waals surface area contributed by atoms with Gasteiger partial charge in [-0.3, -0.25) is 9.67 Å². The van der Waals surface area contributed by atoms with Crippen molar-refractivity contribution in [1.29, 1.82) is 0 Å². The third kappa shape index (κ3) is 8.05. The molecule has 7 rings (SSSR count). The number of aryl methyl sites for hydroxylation is 2. The minimum absolute atomic E-state index is 0.204. The number of nitrogens with zero attached hydrogens (tertiary/aromatic N) is 3. The van der Waals surface area contributed by atoms with Crippen molar-refractivity contribution in [2.45, 2.75) is 94.3 Å². The number of carboxylic acids is 1. The van der Waals surface area contributed by atoms with Crippen molar-refractivity contribution in [1.82, 2.24) is 14.8 Å². The molecule has 2 N–H and O–H groups in total. The lowest BCUT2D eigenvalue weighted by atomic mass is 9.59. The Morgan fingerprint density at radius 1 is 1.13 bits per heavy atom. The quantitative estimate of drug-likeness (QED) is 0.123. The summed E-state index contributed by atoms with van der Waals surface area (Å²) >= 11 is 5.21. The first-order valence-corrected chi connectivity index (χ1v) is 20.9. The summed E-state index contributed by atoms with van der Waals surface area (Å²) in [6.07, 6.45) is 11.2. The van der Waals surface area contributed by atoms with Crippen LogP contribution in [0.5, 0.6) is 11.5 Å². The molecule has 11 heteroatoms. The number of anilines is 1. The van der Waals surface area contributed by atoms with E-state index in [2.05, 4.69) is 41.4 Å². The fraction of sp³-hybridized carbons (Fsp3) is 0.500. The topological polar surface area (TPSA) is 122 Å². The second-order valence-corrected chi connectivity index (χ2v) is 17.6. The summed E-state index contributed by atoms with van der Waals surface area (Å²) < 4.78 is 27.4. The zero-order chi connectivity index (χ0) is 37.2. The average molecular weight is 759 g/mol. The molecule has 4 aromatic rings. The highest BCUT2D eigenvalue weighted by atomic mass is 35.5. The third-order valence-electron chi connectivity index (χ3n) is 12.1. The maximum absolute atomic E-state index is 13.0. The SMILES string of the molecule is C[C@@H](COc1ccnc2c1[C@H](C)CCC2)C[C@H]1Cc2ccc(OCC[S+]([O-])Cc3ccnn3C)cc2C12CCC(Nc1cccc(Cl)c1)(C(=O)O)CC2. The van der Waals surface area contributed by atoms with Gasteiger partial charge in [-0.15, -0.1) is 0 Å². The lowest BCUT2D eigenvalue weighted by Gasteiger charge is -2.47. The van der Waals surface area contributed by atoms with Gasteiger partial charge in [0, 0.05) is 41.4 Å². The Morgan fingerprint density at radius 3 is 2.72 bits per heavy atom. The second-order valence-electron chi connectivity index (χ2n) is 15.6. The van der Waals surface area contributed by atoms with Crippen molar-refractivity contribution < 1.29 is 23.9 Å². The maximum atomic E-state index is 13.0. The van der Waals surface area contributed by atoms with Gasteiger partial charge in [-0.2, -0.15) is 5.10 Å². The summed E-state index contributed by atoms with van der Waals surface area (Å²) in [5, 5.41) is 18.8. The molecule has 1 fully saturated rings.